The van der Waals surface area contributed by atoms with Crippen LogP contribution in [0.3, 0.4) is 0 Å². The Bertz CT molecular complexity index is 580. The van der Waals surface area contributed by atoms with Crippen molar-refractivity contribution in [1.29, 1.82) is 0 Å². The second-order valence-electron chi connectivity index (χ2n) is 3.79. The topological polar surface area (TPSA) is 69.2 Å². The van der Waals surface area contributed by atoms with Crippen LogP contribution in [0.1, 0.15) is 11.5 Å². The zero-order valence-corrected chi connectivity index (χ0v) is 10.5. The van der Waals surface area contributed by atoms with Crippen LogP contribution in [0.4, 0.5) is 5.69 Å². The molecule has 1 aromatic heterocycles. The second kappa shape index (κ2) is 5.18. The number of hydrogen-bond acceptors (Lipinski definition) is 4. The van der Waals surface area contributed by atoms with Crippen LogP contribution in [-0.2, 0) is 6.42 Å². The van der Waals surface area contributed by atoms with Gasteiger partial charge in [0.05, 0.1) is 16.7 Å². The lowest BCUT2D eigenvalue weighted by molar-refractivity contribution is -0.384. The fourth-order valence-electron chi connectivity index (χ4n) is 1.73. The molecule has 0 bridgehead atoms. The molecule has 94 valence electrons. The Morgan fingerprint density at radius 2 is 2.28 bits per heavy atom. The summed E-state index contributed by atoms with van der Waals surface area (Å²) >= 11 is 5.59. The van der Waals surface area contributed by atoms with Crippen LogP contribution in [0.15, 0.2) is 28.8 Å². The first-order valence-corrected chi connectivity index (χ1v) is 5.92. The molecule has 6 heteroatoms. The number of para-hydroxylation sites is 1. The molecule has 0 unspecified atom stereocenters. The van der Waals surface area contributed by atoms with Crippen LogP contribution in [0.25, 0.3) is 11.3 Å². The highest BCUT2D eigenvalue weighted by molar-refractivity contribution is 6.17. The lowest BCUT2D eigenvalue weighted by atomic mass is 10.1. The summed E-state index contributed by atoms with van der Waals surface area (Å²) in [5, 5.41) is 11.1. The summed E-state index contributed by atoms with van der Waals surface area (Å²) in [6.07, 6.45) is 1.99. The van der Waals surface area contributed by atoms with Gasteiger partial charge in [0, 0.05) is 17.9 Å². The number of alkyl halides is 1. The Balaban J connectivity index is 2.49. The van der Waals surface area contributed by atoms with Gasteiger partial charge in [0.15, 0.2) is 11.7 Å². The van der Waals surface area contributed by atoms with Crippen molar-refractivity contribution in [2.45, 2.75) is 13.3 Å². The van der Waals surface area contributed by atoms with Crippen molar-refractivity contribution >= 4 is 17.3 Å². The molecule has 0 atom stereocenters. The van der Waals surface area contributed by atoms with E-state index in [4.69, 9.17) is 16.0 Å². The smallest absolute Gasteiger partial charge is 0.283 e. The maximum absolute atomic E-state index is 11.1. The summed E-state index contributed by atoms with van der Waals surface area (Å²) in [5.41, 5.74) is 1.08. The zero-order chi connectivity index (χ0) is 13.1. The molecule has 5 nitrogen and oxygen atoms in total. The summed E-state index contributed by atoms with van der Waals surface area (Å²) < 4.78 is 5.46. The van der Waals surface area contributed by atoms with E-state index in [1.807, 2.05) is 0 Å². The van der Waals surface area contributed by atoms with Gasteiger partial charge in [-0.3, -0.25) is 10.1 Å². The minimum atomic E-state index is -0.408. The normalized spacial score (nSPS) is 10.6. The average Bonchev–Trinajstić information content (AvgIpc) is 2.77. The number of hydrogen-bond donors (Lipinski definition) is 0. The average molecular weight is 267 g/mol. The summed E-state index contributed by atoms with van der Waals surface area (Å²) in [7, 11) is 0. The Morgan fingerprint density at radius 3 is 2.94 bits per heavy atom. The van der Waals surface area contributed by atoms with Crippen LogP contribution in [-0.4, -0.2) is 15.8 Å². The number of aromatic nitrogens is 1. The first-order valence-electron chi connectivity index (χ1n) is 5.38. The van der Waals surface area contributed by atoms with Gasteiger partial charge in [-0.2, -0.15) is 0 Å². The third-order valence-corrected chi connectivity index (χ3v) is 2.74. The molecule has 0 spiro atoms. The van der Waals surface area contributed by atoms with Crippen molar-refractivity contribution in [2.24, 2.45) is 0 Å². The number of nitro groups is 1. The molecule has 0 aliphatic carbocycles. The molecule has 0 amide bonds. The molecular formula is C12H11ClN2O3. The molecular weight excluding hydrogens is 256 g/mol. The molecule has 1 heterocycles. The molecule has 0 fully saturated rings. The van der Waals surface area contributed by atoms with Crippen LogP contribution in [0.2, 0.25) is 0 Å². The molecule has 0 aliphatic rings. The van der Waals surface area contributed by atoms with Gasteiger partial charge in [-0.25, -0.2) is 4.98 Å². The summed E-state index contributed by atoms with van der Waals surface area (Å²) in [6, 6.07) is 5.09. The molecule has 0 N–H and O–H groups in total. The van der Waals surface area contributed by atoms with E-state index in [0.717, 1.165) is 0 Å². The largest absolute Gasteiger partial charge is 0.440 e. The lowest BCUT2D eigenvalue weighted by Crippen LogP contribution is -1.94. The number of rotatable bonds is 4. The van der Waals surface area contributed by atoms with Gasteiger partial charge >= 0.3 is 0 Å². The van der Waals surface area contributed by atoms with Gasteiger partial charge < -0.3 is 4.42 Å². The van der Waals surface area contributed by atoms with E-state index in [9.17, 15) is 10.1 Å². The van der Waals surface area contributed by atoms with Gasteiger partial charge in [0.2, 0.25) is 0 Å². The molecule has 0 radical (unpaired) electrons. The van der Waals surface area contributed by atoms with Crippen molar-refractivity contribution in [3.8, 4) is 11.3 Å². The maximum Gasteiger partial charge on any atom is 0.283 e. The van der Waals surface area contributed by atoms with E-state index in [1.165, 1.54) is 6.20 Å². The molecule has 1 aromatic carbocycles. The van der Waals surface area contributed by atoms with Gasteiger partial charge in [0.25, 0.3) is 5.69 Å². The summed E-state index contributed by atoms with van der Waals surface area (Å²) in [6.45, 7) is 1.69. The monoisotopic (exact) mass is 266 g/mol. The number of oxazole rings is 1. The maximum atomic E-state index is 11.1. The quantitative estimate of drug-likeness (QED) is 0.483. The van der Waals surface area contributed by atoms with Gasteiger partial charge in [-0.05, 0) is 13.0 Å². The zero-order valence-electron chi connectivity index (χ0n) is 9.72. The fraction of sp³-hybridized carbons (Fsp3) is 0.250. The highest BCUT2D eigenvalue weighted by Crippen LogP contribution is 2.32. The van der Waals surface area contributed by atoms with Crippen molar-refractivity contribution in [3.63, 3.8) is 0 Å². The Morgan fingerprint density at radius 1 is 1.50 bits per heavy atom. The summed E-state index contributed by atoms with van der Waals surface area (Å²) in [4.78, 5) is 14.7. The number of aryl methyl sites for hydroxylation is 2. The Hall–Kier alpha value is -1.88. The molecule has 18 heavy (non-hydrogen) atoms. The minimum absolute atomic E-state index is 0.0473. The first-order chi connectivity index (χ1) is 8.63. The van der Waals surface area contributed by atoms with E-state index in [0.29, 0.717) is 35.1 Å². The molecule has 2 aromatic rings. The van der Waals surface area contributed by atoms with Crippen molar-refractivity contribution in [2.75, 3.05) is 5.88 Å². The van der Waals surface area contributed by atoms with E-state index in [1.54, 1.807) is 25.1 Å². The number of benzene rings is 1. The first kappa shape index (κ1) is 12.6. The van der Waals surface area contributed by atoms with Crippen molar-refractivity contribution in [1.82, 2.24) is 4.98 Å². The van der Waals surface area contributed by atoms with Crippen LogP contribution < -0.4 is 0 Å². The predicted molar refractivity (Wildman–Crippen MR) is 67.8 cm³/mol. The van der Waals surface area contributed by atoms with Gasteiger partial charge in [-0.15, -0.1) is 11.6 Å². The van der Waals surface area contributed by atoms with E-state index in [2.05, 4.69) is 4.98 Å². The molecule has 0 saturated heterocycles. The SMILES string of the molecule is Cc1cccc(-c2cnc(CCCl)o2)c1[N+](=O)[O-]. The standard InChI is InChI=1S/C12H11ClN2O3/c1-8-3-2-4-9(12(8)15(16)17)10-7-14-11(18-10)5-6-13/h2-4,7H,5-6H2,1H3. The Kier molecular flexibility index (Phi) is 3.62. The van der Waals surface area contributed by atoms with E-state index in [-0.39, 0.29) is 5.69 Å². The fourth-order valence-corrected chi connectivity index (χ4v) is 1.89. The van der Waals surface area contributed by atoms with E-state index < -0.39 is 4.92 Å². The third-order valence-electron chi connectivity index (χ3n) is 2.55. The molecule has 0 aliphatic heterocycles. The lowest BCUT2D eigenvalue weighted by Gasteiger charge is -2.01. The third kappa shape index (κ3) is 2.36. The number of halogens is 1. The van der Waals surface area contributed by atoms with Crippen LogP contribution >= 0.6 is 11.6 Å². The van der Waals surface area contributed by atoms with E-state index >= 15 is 0 Å². The Labute approximate surface area is 109 Å². The second-order valence-corrected chi connectivity index (χ2v) is 4.16. The molecule has 0 saturated carbocycles. The molecule has 2 rings (SSSR count). The highest BCUT2D eigenvalue weighted by atomic mass is 35.5. The van der Waals surface area contributed by atoms with Gasteiger partial charge in [0.1, 0.15) is 0 Å². The highest BCUT2D eigenvalue weighted by Gasteiger charge is 2.20. The number of nitro benzene ring substituents is 1. The van der Waals surface area contributed by atoms with Gasteiger partial charge in [-0.1, -0.05) is 12.1 Å². The van der Waals surface area contributed by atoms with Crippen molar-refractivity contribution < 1.29 is 9.34 Å². The number of nitrogens with zero attached hydrogens (tertiary/aromatic N) is 2. The minimum Gasteiger partial charge on any atom is -0.440 e. The van der Waals surface area contributed by atoms with Crippen LogP contribution in [0, 0.1) is 17.0 Å². The predicted octanol–water partition coefficient (Wildman–Crippen LogP) is 3.34. The van der Waals surface area contributed by atoms with Crippen LogP contribution in [0.5, 0.6) is 0 Å². The van der Waals surface area contributed by atoms with Crippen molar-refractivity contribution in [3.05, 3.63) is 46.0 Å². The summed E-state index contributed by atoms with van der Waals surface area (Å²) in [5.74, 6) is 1.27.